The van der Waals surface area contributed by atoms with Gasteiger partial charge in [-0.15, -0.1) is 0 Å². The molecule has 4 aromatic rings. The molecule has 0 atom stereocenters. The number of aliphatic hydroxyl groups is 1. The van der Waals surface area contributed by atoms with Crippen molar-refractivity contribution in [2.24, 2.45) is 0 Å². The summed E-state index contributed by atoms with van der Waals surface area (Å²) in [6.07, 6.45) is -0.459. The minimum Gasteiger partial charge on any atom is -0.389 e. The average molecular weight is 474 g/mol. The van der Waals surface area contributed by atoms with Crippen LogP contribution in [0.25, 0.3) is 16.7 Å². The molecule has 34 heavy (non-hydrogen) atoms. The summed E-state index contributed by atoms with van der Waals surface area (Å²) >= 11 is 0. The quantitative estimate of drug-likeness (QED) is 0.375. The molecule has 0 aliphatic heterocycles. The van der Waals surface area contributed by atoms with E-state index in [-0.39, 0.29) is 12.1 Å². The van der Waals surface area contributed by atoms with Crippen LogP contribution in [0.5, 0.6) is 0 Å². The summed E-state index contributed by atoms with van der Waals surface area (Å²) in [5, 5.41) is 17.9. The zero-order valence-electron chi connectivity index (χ0n) is 19.0. The largest absolute Gasteiger partial charge is 0.416 e. The second-order valence-electron chi connectivity index (χ2n) is 9.39. The maximum absolute atomic E-state index is 13.0. The number of likely N-dealkylation sites (N-methyl/N-ethyl adjacent to an activating group) is 1. The van der Waals surface area contributed by atoms with Gasteiger partial charge in [-0.25, -0.2) is 4.98 Å². The van der Waals surface area contributed by atoms with Gasteiger partial charge in [0.05, 0.1) is 34.9 Å². The first-order valence-electron chi connectivity index (χ1n) is 11.0. The number of benzene rings is 1. The molecule has 0 spiro atoms. The van der Waals surface area contributed by atoms with Crippen molar-refractivity contribution in [3.05, 3.63) is 41.3 Å². The Balaban J connectivity index is 1.45. The smallest absolute Gasteiger partial charge is 0.389 e. The molecule has 3 heterocycles. The molecule has 9 nitrogen and oxygen atoms in total. The van der Waals surface area contributed by atoms with Crippen molar-refractivity contribution in [3.8, 4) is 0 Å². The van der Waals surface area contributed by atoms with Crippen LogP contribution in [0, 0.1) is 0 Å². The summed E-state index contributed by atoms with van der Waals surface area (Å²) < 4.78 is 40.7. The van der Waals surface area contributed by atoms with Gasteiger partial charge in [-0.3, -0.25) is 0 Å². The second-order valence-corrected chi connectivity index (χ2v) is 9.39. The van der Waals surface area contributed by atoms with E-state index in [9.17, 15) is 18.3 Å². The maximum Gasteiger partial charge on any atom is 0.416 e. The van der Waals surface area contributed by atoms with E-state index >= 15 is 0 Å². The minimum atomic E-state index is -4.43. The maximum atomic E-state index is 13.0. The molecular formula is C22H25F3N8O. The normalized spacial score (nSPS) is 14.8. The number of alkyl halides is 3. The lowest BCUT2D eigenvalue weighted by Gasteiger charge is -2.25. The molecular weight excluding hydrogens is 449 g/mol. The molecule has 1 aliphatic rings. The molecule has 0 unspecified atom stereocenters. The molecule has 0 bridgehead atoms. The van der Waals surface area contributed by atoms with Crippen molar-refractivity contribution >= 4 is 28.6 Å². The number of H-pyrrole nitrogens is 1. The molecule has 3 N–H and O–H groups in total. The molecule has 1 aromatic carbocycles. The third-order valence-corrected chi connectivity index (χ3v) is 5.64. The van der Waals surface area contributed by atoms with Crippen LogP contribution in [0.4, 0.5) is 25.1 Å². The number of aromatic nitrogens is 6. The van der Waals surface area contributed by atoms with Gasteiger partial charge in [0.2, 0.25) is 11.9 Å². The number of fused-ring (bicyclic) bond motifs is 2. The van der Waals surface area contributed by atoms with Crippen LogP contribution in [0.15, 0.2) is 24.4 Å². The van der Waals surface area contributed by atoms with Gasteiger partial charge in [-0.1, -0.05) is 0 Å². The van der Waals surface area contributed by atoms with Crippen LogP contribution in [0.3, 0.4) is 0 Å². The van der Waals surface area contributed by atoms with Crippen LogP contribution in [0.2, 0.25) is 0 Å². The Kier molecular flexibility index (Phi) is 5.15. The summed E-state index contributed by atoms with van der Waals surface area (Å²) in [5.74, 6) is 1.73. The lowest BCUT2D eigenvalue weighted by molar-refractivity contribution is -0.137. The van der Waals surface area contributed by atoms with E-state index in [0.717, 1.165) is 30.5 Å². The number of hydrogen-bond donors (Lipinski definition) is 3. The number of halogens is 3. The van der Waals surface area contributed by atoms with E-state index in [1.54, 1.807) is 36.5 Å². The monoisotopic (exact) mass is 474 g/mol. The fourth-order valence-electron chi connectivity index (χ4n) is 3.98. The van der Waals surface area contributed by atoms with E-state index < -0.39 is 17.3 Å². The van der Waals surface area contributed by atoms with Crippen molar-refractivity contribution in [2.45, 2.75) is 50.9 Å². The summed E-state index contributed by atoms with van der Waals surface area (Å²) in [7, 11) is 1.80. The molecule has 0 amide bonds. The van der Waals surface area contributed by atoms with Crippen molar-refractivity contribution in [1.29, 1.82) is 0 Å². The van der Waals surface area contributed by atoms with Gasteiger partial charge in [0.25, 0.3) is 0 Å². The van der Waals surface area contributed by atoms with E-state index in [2.05, 4.69) is 25.4 Å². The van der Waals surface area contributed by atoms with Crippen LogP contribution in [0.1, 0.15) is 49.6 Å². The number of aromatic amines is 1. The van der Waals surface area contributed by atoms with Gasteiger partial charge >= 0.3 is 6.18 Å². The van der Waals surface area contributed by atoms with Crippen molar-refractivity contribution in [2.75, 3.05) is 23.8 Å². The van der Waals surface area contributed by atoms with Gasteiger partial charge in [0.1, 0.15) is 5.82 Å². The van der Waals surface area contributed by atoms with E-state index in [1.807, 2.05) is 0 Å². The average Bonchev–Trinajstić information content (AvgIpc) is 3.35. The SMILES string of the molecule is CN(CC(C)(C)O)c1nc(NCc2nc3cc(C(F)(F)F)ccc3[nH]2)n2ncc(C3CC3)c2n1. The van der Waals surface area contributed by atoms with Crippen LogP contribution < -0.4 is 10.2 Å². The molecule has 1 aliphatic carbocycles. The Morgan fingerprint density at radius 3 is 2.65 bits per heavy atom. The second kappa shape index (κ2) is 7.83. The number of imidazole rings is 1. The number of rotatable bonds is 7. The zero-order chi connectivity index (χ0) is 24.3. The van der Waals surface area contributed by atoms with Gasteiger partial charge in [-0.05, 0) is 50.8 Å². The highest BCUT2D eigenvalue weighted by molar-refractivity contribution is 5.76. The van der Waals surface area contributed by atoms with Crippen LogP contribution in [-0.2, 0) is 12.7 Å². The minimum absolute atomic E-state index is 0.190. The topological polar surface area (TPSA) is 107 Å². The highest BCUT2D eigenvalue weighted by Crippen LogP contribution is 2.42. The third-order valence-electron chi connectivity index (χ3n) is 5.64. The summed E-state index contributed by atoms with van der Waals surface area (Å²) in [6.45, 7) is 3.93. The van der Waals surface area contributed by atoms with E-state index in [4.69, 9.17) is 4.98 Å². The summed E-state index contributed by atoms with van der Waals surface area (Å²) in [4.78, 5) is 18.4. The van der Waals surface area contributed by atoms with Gasteiger partial charge in [0.15, 0.2) is 5.65 Å². The Hall–Kier alpha value is -3.41. The Labute approximate surface area is 193 Å². The van der Waals surface area contributed by atoms with Gasteiger partial charge < -0.3 is 20.3 Å². The molecule has 0 radical (unpaired) electrons. The van der Waals surface area contributed by atoms with Gasteiger partial charge in [-0.2, -0.15) is 32.8 Å². The molecule has 12 heteroatoms. The lowest BCUT2D eigenvalue weighted by atomic mass is 10.1. The van der Waals surface area contributed by atoms with E-state index in [1.165, 1.54) is 6.07 Å². The van der Waals surface area contributed by atoms with Crippen molar-refractivity contribution in [1.82, 2.24) is 29.5 Å². The highest BCUT2D eigenvalue weighted by Gasteiger charge is 2.31. The Morgan fingerprint density at radius 2 is 1.97 bits per heavy atom. The summed E-state index contributed by atoms with van der Waals surface area (Å²) in [5.41, 5.74) is 0.801. The van der Waals surface area contributed by atoms with Gasteiger partial charge in [0, 0.05) is 19.2 Å². The molecule has 3 aromatic heterocycles. The van der Waals surface area contributed by atoms with Crippen LogP contribution in [-0.4, -0.2) is 53.9 Å². The molecule has 5 rings (SSSR count). The first-order valence-corrected chi connectivity index (χ1v) is 11.0. The lowest BCUT2D eigenvalue weighted by Crippen LogP contribution is -2.37. The molecule has 1 saturated carbocycles. The molecule has 1 fully saturated rings. The molecule has 0 saturated heterocycles. The zero-order valence-corrected chi connectivity index (χ0v) is 19.0. The Morgan fingerprint density at radius 1 is 1.21 bits per heavy atom. The standard InChI is InChI=1S/C22H25F3N8O/c1-21(2,34)11-32(3)20-30-18-14(12-4-5-12)9-27-33(18)19(31-20)26-10-17-28-15-7-6-13(22(23,24)25)8-16(15)29-17/h6-9,12,34H,4-5,10-11H2,1-3H3,(H,28,29)(H,26,30,31). The fraction of sp³-hybridized carbons (Fsp3) is 0.455. The number of anilines is 2. The number of hydrogen-bond acceptors (Lipinski definition) is 7. The summed E-state index contributed by atoms with van der Waals surface area (Å²) in [6, 6.07) is 3.42. The first-order chi connectivity index (χ1) is 16.0. The number of nitrogens with one attached hydrogen (secondary N) is 2. The highest BCUT2D eigenvalue weighted by atomic mass is 19.4. The third kappa shape index (κ3) is 4.49. The van der Waals surface area contributed by atoms with E-state index in [0.29, 0.717) is 41.3 Å². The van der Waals surface area contributed by atoms with Crippen molar-refractivity contribution < 1.29 is 18.3 Å². The first kappa shape index (κ1) is 22.4. The number of nitrogens with zero attached hydrogens (tertiary/aromatic N) is 6. The fourth-order valence-corrected chi connectivity index (χ4v) is 3.98. The predicted molar refractivity (Wildman–Crippen MR) is 121 cm³/mol. The molecule has 180 valence electrons. The van der Waals surface area contributed by atoms with Crippen molar-refractivity contribution in [3.63, 3.8) is 0 Å². The Bertz CT molecular complexity index is 1350. The predicted octanol–water partition coefficient (Wildman–Crippen LogP) is 3.72. The van der Waals surface area contributed by atoms with Crippen LogP contribution >= 0.6 is 0 Å².